The van der Waals surface area contributed by atoms with E-state index in [9.17, 15) is 4.79 Å². The molecule has 1 atom stereocenters. The van der Waals surface area contributed by atoms with Crippen LogP contribution in [0.2, 0.25) is 0 Å². The second kappa shape index (κ2) is 5.01. The van der Waals surface area contributed by atoms with Gasteiger partial charge in [-0.1, -0.05) is 6.08 Å². The number of aliphatic imine (C=N–C) groups is 1. The van der Waals surface area contributed by atoms with Crippen LogP contribution < -0.4 is 5.32 Å². The Balaban J connectivity index is 2.50. The lowest BCUT2D eigenvalue weighted by molar-refractivity contribution is 0.0522. The maximum Gasteiger partial charge on any atom is 0.408 e. The molecule has 1 unspecified atom stereocenters. The summed E-state index contributed by atoms with van der Waals surface area (Å²) in [5.74, 6) is 0.487. The summed E-state index contributed by atoms with van der Waals surface area (Å²) in [6.45, 7) is 10.2. The van der Waals surface area contributed by atoms with Gasteiger partial charge >= 0.3 is 6.09 Å². The molecule has 0 saturated heterocycles. The highest BCUT2D eigenvalue weighted by atomic mass is 16.6. The third kappa shape index (κ3) is 3.92. The number of hydrogen-bond acceptors (Lipinski definition) is 4. The van der Waals surface area contributed by atoms with Crippen molar-refractivity contribution in [1.29, 1.82) is 0 Å². The molecular weight excluding hydrogens is 208 g/mol. The molecule has 5 heteroatoms. The van der Waals surface area contributed by atoms with Crippen LogP contribution in [0.4, 0.5) is 4.79 Å². The van der Waals surface area contributed by atoms with Crippen LogP contribution in [0.15, 0.2) is 17.6 Å². The average Bonchev–Trinajstić information content (AvgIpc) is 2.63. The predicted molar refractivity (Wildman–Crippen MR) is 61.6 cm³/mol. The Kier molecular flexibility index (Phi) is 3.93. The molecule has 5 nitrogen and oxygen atoms in total. The lowest BCUT2D eigenvalue weighted by atomic mass is 10.2. The van der Waals surface area contributed by atoms with Gasteiger partial charge in [0, 0.05) is 0 Å². The van der Waals surface area contributed by atoms with Gasteiger partial charge in [0.15, 0.2) is 0 Å². The fraction of sp³-hybridized carbons (Fsp3) is 0.636. The van der Waals surface area contributed by atoms with Gasteiger partial charge < -0.3 is 14.8 Å². The lowest BCUT2D eigenvalue weighted by Crippen LogP contribution is -2.42. The van der Waals surface area contributed by atoms with E-state index >= 15 is 0 Å². The fourth-order valence-corrected chi connectivity index (χ4v) is 1.20. The smallest absolute Gasteiger partial charge is 0.408 e. The van der Waals surface area contributed by atoms with Gasteiger partial charge in [-0.15, -0.1) is 6.58 Å². The third-order valence-electron chi connectivity index (χ3n) is 1.78. The summed E-state index contributed by atoms with van der Waals surface area (Å²) in [7, 11) is 0. The number of nitrogens with zero attached hydrogens (tertiary/aromatic N) is 1. The van der Waals surface area contributed by atoms with Crippen LogP contribution >= 0.6 is 0 Å². The number of hydrogen-bond donors (Lipinski definition) is 1. The first kappa shape index (κ1) is 12.5. The van der Waals surface area contributed by atoms with Crippen LogP contribution in [-0.4, -0.2) is 36.8 Å². The maximum atomic E-state index is 11.5. The highest BCUT2D eigenvalue weighted by Crippen LogP contribution is 2.08. The van der Waals surface area contributed by atoms with Gasteiger partial charge in [-0.25, -0.2) is 9.79 Å². The third-order valence-corrected chi connectivity index (χ3v) is 1.78. The molecule has 0 aliphatic carbocycles. The molecule has 0 fully saturated rings. The van der Waals surface area contributed by atoms with Gasteiger partial charge in [0.05, 0.1) is 6.54 Å². The topological polar surface area (TPSA) is 59.9 Å². The van der Waals surface area contributed by atoms with Gasteiger partial charge in [-0.3, -0.25) is 0 Å². The molecule has 0 bridgehead atoms. The van der Waals surface area contributed by atoms with Gasteiger partial charge in [0.2, 0.25) is 5.90 Å². The average molecular weight is 226 g/mol. The van der Waals surface area contributed by atoms with Crippen LogP contribution in [0.1, 0.15) is 20.8 Å². The minimum atomic E-state index is -0.520. The molecule has 16 heavy (non-hydrogen) atoms. The van der Waals surface area contributed by atoms with E-state index in [4.69, 9.17) is 9.47 Å². The molecule has 0 aromatic rings. The summed E-state index contributed by atoms with van der Waals surface area (Å²) in [6, 6.07) is -0.419. The number of ether oxygens (including phenoxy) is 2. The molecule has 0 aromatic carbocycles. The van der Waals surface area contributed by atoms with E-state index in [1.165, 1.54) is 0 Å². The van der Waals surface area contributed by atoms with Crippen LogP contribution in [0.5, 0.6) is 0 Å². The van der Waals surface area contributed by atoms with Crippen molar-refractivity contribution in [3.05, 3.63) is 12.7 Å². The molecule has 1 aliphatic rings. The molecule has 90 valence electrons. The lowest BCUT2D eigenvalue weighted by Gasteiger charge is -2.21. The molecule has 1 heterocycles. The summed E-state index contributed by atoms with van der Waals surface area (Å²) in [4.78, 5) is 15.6. The van der Waals surface area contributed by atoms with Crippen molar-refractivity contribution in [2.45, 2.75) is 32.4 Å². The van der Waals surface area contributed by atoms with E-state index in [1.54, 1.807) is 26.8 Å². The minimum Gasteiger partial charge on any atom is -0.477 e. The molecule has 0 saturated carbocycles. The zero-order valence-electron chi connectivity index (χ0n) is 9.95. The van der Waals surface area contributed by atoms with E-state index in [1.807, 2.05) is 0 Å². The van der Waals surface area contributed by atoms with E-state index in [2.05, 4.69) is 16.9 Å². The Labute approximate surface area is 95.5 Å². The number of carbonyl (C=O) groups excluding carboxylic acids is 1. The van der Waals surface area contributed by atoms with E-state index in [0.717, 1.165) is 0 Å². The summed E-state index contributed by atoms with van der Waals surface area (Å²) in [5, 5.41) is 2.63. The maximum absolute atomic E-state index is 11.5. The summed E-state index contributed by atoms with van der Waals surface area (Å²) < 4.78 is 10.4. The largest absolute Gasteiger partial charge is 0.477 e. The normalized spacial score (nSPS) is 17.1. The highest BCUT2D eigenvalue weighted by molar-refractivity contribution is 5.88. The van der Waals surface area contributed by atoms with Gasteiger partial charge in [-0.2, -0.15) is 0 Å². The van der Waals surface area contributed by atoms with E-state index in [0.29, 0.717) is 19.0 Å². The summed E-state index contributed by atoms with van der Waals surface area (Å²) in [5.41, 5.74) is -0.520. The van der Waals surface area contributed by atoms with Gasteiger partial charge in [-0.05, 0) is 20.8 Å². The quantitative estimate of drug-likeness (QED) is 0.742. The van der Waals surface area contributed by atoms with E-state index in [-0.39, 0.29) is 0 Å². The van der Waals surface area contributed by atoms with Crippen LogP contribution in [0.3, 0.4) is 0 Å². The molecule has 0 radical (unpaired) electrons. The Morgan fingerprint density at radius 1 is 1.69 bits per heavy atom. The van der Waals surface area contributed by atoms with Crippen molar-refractivity contribution in [3.63, 3.8) is 0 Å². The highest BCUT2D eigenvalue weighted by Gasteiger charge is 2.23. The second-order valence-corrected chi connectivity index (χ2v) is 4.43. The molecule has 1 N–H and O–H groups in total. The predicted octanol–water partition coefficient (Wildman–Crippen LogP) is 1.49. The number of alkyl carbamates (subject to hydrolysis) is 1. The Morgan fingerprint density at radius 3 is 2.81 bits per heavy atom. The molecular formula is C11H18N2O3. The Hall–Kier alpha value is -1.52. The fourth-order valence-electron chi connectivity index (χ4n) is 1.20. The Bertz CT molecular complexity index is 305. The monoisotopic (exact) mass is 226 g/mol. The standard InChI is InChI=1S/C11H18N2O3/c1-5-8(9-12-6-7-15-9)13-10(14)16-11(2,3)4/h5,8H,1,6-7H2,2-4H3,(H,13,14). The SMILES string of the molecule is C=CC(NC(=O)OC(C)(C)C)C1=NCCO1. The number of amides is 1. The van der Waals surface area contributed by atoms with Crippen molar-refractivity contribution >= 4 is 12.0 Å². The first-order valence-electron chi connectivity index (χ1n) is 5.21. The van der Waals surface area contributed by atoms with Crippen molar-refractivity contribution < 1.29 is 14.3 Å². The van der Waals surface area contributed by atoms with Crippen molar-refractivity contribution in [1.82, 2.24) is 5.32 Å². The number of carbonyl (C=O) groups is 1. The molecule has 1 rings (SSSR count). The molecule has 0 spiro atoms. The molecule has 0 aromatic heterocycles. The Morgan fingerprint density at radius 2 is 2.38 bits per heavy atom. The summed E-state index contributed by atoms with van der Waals surface area (Å²) >= 11 is 0. The zero-order valence-corrected chi connectivity index (χ0v) is 9.95. The van der Waals surface area contributed by atoms with Gasteiger partial charge in [0.25, 0.3) is 0 Å². The second-order valence-electron chi connectivity index (χ2n) is 4.43. The number of rotatable bonds is 3. The molecule has 1 amide bonds. The minimum absolute atomic E-state index is 0.419. The van der Waals surface area contributed by atoms with Crippen molar-refractivity contribution in [2.24, 2.45) is 4.99 Å². The van der Waals surface area contributed by atoms with Crippen molar-refractivity contribution in [3.8, 4) is 0 Å². The van der Waals surface area contributed by atoms with Crippen LogP contribution in [-0.2, 0) is 9.47 Å². The number of nitrogens with one attached hydrogen (secondary N) is 1. The van der Waals surface area contributed by atoms with Crippen LogP contribution in [0, 0.1) is 0 Å². The van der Waals surface area contributed by atoms with E-state index < -0.39 is 17.7 Å². The van der Waals surface area contributed by atoms with Crippen molar-refractivity contribution in [2.75, 3.05) is 13.2 Å². The zero-order chi connectivity index (χ0) is 12.2. The molecule has 1 aliphatic heterocycles. The first-order valence-corrected chi connectivity index (χ1v) is 5.21. The summed E-state index contributed by atoms with van der Waals surface area (Å²) in [6.07, 6.45) is 1.06. The van der Waals surface area contributed by atoms with Crippen LogP contribution in [0.25, 0.3) is 0 Å². The van der Waals surface area contributed by atoms with Gasteiger partial charge in [0.1, 0.15) is 18.2 Å². The first-order chi connectivity index (χ1) is 7.42.